The van der Waals surface area contributed by atoms with E-state index in [1.54, 1.807) is 12.1 Å². The Morgan fingerprint density at radius 1 is 0.963 bits per heavy atom. The van der Waals surface area contributed by atoms with Crippen molar-refractivity contribution in [3.05, 3.63) is 24.3 Å². The van der Waals surface area contributed by atoms with Crippen molar-refractivity contribution in [3.8, 4) is 0 Å². The topological polar surface area (TPSA) is 149 Å². The van der Waals surface area contributed by atoms with Crippen LogP contribution in [0.3, 0.4) is 0 Å². The van der Waals surface area contributed by atoms with Crippen LogP contribution in [0.1, 0.15) is 38.5 Å². The Morgan fingerprint density at radius 2 is 1.48 bits per heavy atom. The number of benzene rings is 1. The van der Waals surface area contributed by atoms with Gasteiger partial charge in [-0.3, -0.25) is 0 Å². The highest BCUT2D eigenvalue weighted by atomic mass is 32.2. The number of aliphatic imine (C=N–C) groups is 2. The number of hydrogen-bond acceptors (Lipinski definition) is 3. The smallest absolute Gasteiger partial charge is 0.241 e. The molecule has 1 aromatic carbocycles. The lowest BCUT2D eigenvalue weighted by molar-refractivity contribution is -0.00810. The molecule has 5 rings (SSSR count). The van der Waals surface area contributed by atoms with Crippen LogP contribution < -0.4 is 21.9 Å². The molecule has 0 unspecified atom stereocenters. The highest BCUT2D eigenvalue weighted by molar-refractivity contribution is 7.89. The molecule has 0 atom stereocenters. The minimum absolute atomic E-state index is 0.0858. The van der Waals surface area contributed by atoms with Gasteiger partial charge in [0.15, 0.2) is 5.96 Å². The van der Waals surface area contributed by atoms with Crippen molar-refractivity contribution in [2.45, 2.75) is 49.0 Å². The third kappa shape index (κ3) is 3.79. The molecular formula is C18H26N6O2S. The first-order valence-corrected chi connectivity index (χ1v) is 10.8. The average Bonchev–Trinajstić information content (AvgIpc) is 2.52. The summed E-state index contributed by atoms with van der Waals surface area (Å²) in [4.78, 5) is 7.90. The van der Waals surface area contributed by atoms with Gasteiger partial charge in [-0.2, -0.15) is 4.99 Å². The zero-order chi connectivity index (χ0) is 19.2. The summed E-state index contributed by atoms with van der Waals surface area (Å²) in [6, 6.07) is 6.24. The maximum Gasteiger partial charge on any atom is 0.241 e. The van der Waals surface area contributed by atoms with Gasteiger partial charge in [-0.15, -0.1) is 0 Å². The average molecular weight is 391 g/mol. The lowest BCUT2D eigenvalue weighted by atomic mass is 9.53. The van der Waals surface area contributed by atoms with Crippen molar-refractivity contribution < 1.29 is 8.42 Å². The van der Waals surface area contributed by atoms with Gasteiger partial charge in [0.25, 0.3) is 0 Å². The number of hydrogen-bond donors (Lipinski definition) is 4. The van der Waals surface area contributed by atoms with E-state index < -0.39 is 10.0 Å². The van der Waals surface area contributed by atoms with Gasteiger partial charge in [0.05, 0.1) is 10.6 Å². The molecule has 146 valence electrons. The van der Waals surface area contributed by atoms with Crippen LogP contribution in [-0.2, 0) is 10.0 Å². The van der Waals surface area contributed by atoms with Gasteiger partial charge in [-0.05, 0) is 80.5 Å². The molecule has 0 spiro atoms. The molecule has 4 saturated carbocycles. The summed E-state index contributed by atoms with van der Waals surface area (Å²) in [7, 11) is -3.58. The van der Waals surface area contributed by atoms with Crippen LogP contribution in [0.5, 0.6) is 0 Å². The van der Waals surface area contributed by atoms with Gasteiger partial charge in [-0.25, -0.2) is 18.1 Å². The summed E-state index contributed by atoms with van der Waals surface area (Å²) in [5, 5.41) is 0. The van der Waals surface area contributed by atoms with Crippen molar-refractivity contribution in [1.29, 1.82) is 0 Å². The van der Waals surface area contributed by atoms with Crippen LogP contribution in [-0.4, -0.2) is 25.9 Å². The zero-order valence-corrected chi connectivity index (χ0v) is 16.0. The van der Waals surface area contributed by atoms with Crippen molar-refractivity contribution in [1.82, 2.24) is 4.72 Å². The van der Waals surface area contributed by atoms with E-state index >= 15 is 0 Å². The van der Waals surface area contributed by atoms with Crippen molar-refractivity contribution in [2.24, 2.45) is 44.9 Å². The van der Waals surface area contributed by atoms with E-state index in [-0.39, 0.29) is 22.4 Å². The Morgan fingerprint density at radius 3 is 1.96 bits per heavy atom. The van der Waals surface area contributed by atoms with Gasteiger partial charge in [0.1, 0.15) is 0 Å². The molecule has 1 aromatic rings. The number of guanidine groups is 2. The molecule has 0 amide bonds. The first-order valence-electron chi connectivity index (χ1n) is 9.31. The van der Waals surface area contributed by atoms with E-state index in [0.717, 1.165) is 19.3 Å². The predicted molar refractivity (Wildman–Crippen MR) is 105 cm³/mol. The minimum Gasteiger partial charge on any atom is -0.370 e. The quantitative estimate of drug-likeness (QED) is 0.449. The molecule has 4 aliphatic rings. The Hall–Kier alpha value is -2.13. The number of nitrogens with zero attached hydrogens (tertiary/aromatic N) is 2. The Bertz CT molecular complexity index is 852. The lowest BCUT2D eigenvalue weighted by Crippen LogP contribution is -2.59. The summed E-state index contributed by atoms with van der Waals surface area (Å²) < 4.78 is 29.0. The first kappa shape index (κ1) is 18.2. The standard InChI is InChI=1S/C18H26N6O2S/c19-16(20)23-17(21)22-14-1-3-15(4-2-14)27(25,26)24-18-8-11-5-12(9-18)7-13(6-11)10-18/h1-4,11-13,24H,5-10H2,(H6,19,20,21,22,23). The van der Waals surface area contributed by atoms with Gasteiger partial charge in [0.2, 0.25) is 16.0 Å². The van der Waals surface area contributed by atoms with Gasteiger partial charge < -0.3 is 17.2 Å². The molecule has 0 aromatic heterocycles. The van der Waals surface area contributed by atoms with Crippen molar-refractivity contribution in [3.63, 3.8) is 0 Å². The fourth-order valence-electron chi connectivity index (χ4n) is 5.57. The lowest BCUT2D eigenvalue weighted by Gasteiger charge is -2.56. The maximum absolute atomic E-state index is 13.0. The van der Waals surface area contributed by atoms with Crippen LogP contribution in [0.2, 0.25) is 0 Å². The van der Waals surface area contributed by atoms with E-state index in [9.17, 15) is 8.42 Å². The van der Waals surface area contributed by atoms with E-state index in [0.29, 0.717) is 23.4 Å². The highest BCUT2D eigenvalue weighted by Crippen LogP contribution is 2.55. The third-order valence-electron chi connectivity index (χ3n) is 6.02. The second kappa shape index (κ2) is 6.49. The number of sulfonamides is 1. The van der Waals surface area contributed by atoms with Gasteiger partial charge in [0, 0.05) is 5.54 Å². The zero-order valence-electron chi connectivity index (χ0n) is 15.1. The number of nitrogens with two attached hydrogens (primary N) is 3. The SMILES string of the molecule is NC(N)=NC(N)=Nc1ccc(S(=O)(=O)NC23CC4CC(CC(C4)C2)C3)cc1. The summed E-state index contributed by atoms with van der Waals surface area (Å²) >= 11 is 0. The summed E-state index contributed by atoms with van der Waals surface area (Å²) in [6.07, 6.45) is 6.71. The Labute approximate surface area is 159 Å². The second-order valence-corrected chi connectivity index (χ2v) is 9.99. The number of nitrogens with one attached hydrogen (secondary N) is 1. The molecule has 7 N–H and O–H groups in total. The molecule has 0 heterocycles. The molecule has 0 radical (unpaired) electrons. The van der Waals surface area contributed by atoms with Crippen LogP contribution in [0.4, 0.5) is 5.69 Å². The Kier molecular flexibility index (Phi) is 4.38. The molecule has 0 aliphatic heterocycles. The third-order valence-corrected chi connectivity index (χ3v) is 7.62. The summed E-state index contributed by atoms with van der Waals surface area (Å²) in [5.74, 6) is 1.75. The number of rotatable bonds is 4. The predicted octanol–water partition coefficient (Wildman–Crippen LogP) is 1.15. The first-order chi connectivity index (χ1) is 12.7. The molecule has 27 heavy (non-hydrogen) atoms. The fourth-order valence-corrected chi connectivity index (χ4v) is 7.00. The molecule has 4 fully saturated rings. The fraction of sp³-hybridized carbons (Fsp3) is 0.556. The maximum atomic E-state index is 13.0. The molecule has 4 aliphatic carbocycles. The van der Waals surface area contributed by atoms with E-state index in [4.69, 9.17) is 17.2 Å². The van der Waals surface area contributed by atoms with E-state index in [2.05, 4.69) is 14.7 Å². The monoisotopic (exact) mass is 390 g/mol. The molecule has 0 saturated heterocycles. The van der Waals surface area contributed by atoms with Crippen LogP contribution in [0.25, 0.3) is 0 Å². The molecule has 8 nitrogen and oxygen atoms in total. The minimum atomic E-state index is -3.58. The van der Waals surface area contributed by atoms with E-state index in [1.165, 1.54) is 31.4 Å². The summed E-state index contributed by atoms with van der Waals surface area (Å²) in [5.41, 5.74) is 16.3. The second-order valence-electron chi connectivity index (χ2n) is 8.30. The van der Waals surface area contributed by atoms with Crippen LogP contribution in [0.15, 0.2) is 39.1 Å². The molecule has 4 bridgehead atoms. The Balaban J connectivity index is 1.52. The van der Waals surface area contributed by atoms with Crippen LogP contribution in [0, 0.1) is 17.8 Å². The van der Waals surface area contributed by atoms with Gasteiger partial charge >= 0.3 is 0 Å². The van der Waals surface area contributed by atoms with Crippen molar-refractivity contribution in [2.75, 3.05) is 0 Å². The molecular weight excluding hydrogens is 364 g/mol. The van der Waals surface area contributed by atoms with E-state index in [1.807, 2.05) is 0 Å². The van der Waals surface area contributed by atoms with Crippen molar-refractivity contribution >= 4 is 27.6 Å². The largest absolute Gasteiger partial charge is 0.370 e. The molecule has 9 heteroatoms. The summed E-state index contributed by atoms with van der Waals surface area (Å²) in [6.45, 7) is 0. The van der Waals surface area contributed by atoms with Gasteiger partial charge in [-0.1, -0.05) is 0 Å². The van der Waals surface area contributed by atoms with Crippen LogP contribution >= 0.6 is 0 Å². The normalized spacial score (nSPS) is 32.4. The highest BCUT2D eigenvalue weighted by Gasteiger charge is 2.52.